The summed E-state index contributed by atoms with van der Waals surface area (Å²) in [5.74, 6) is -0.495. The minimum absolute atomic E-state index is 0.495. The van der Waals surface area contributed by atoms with E-state index in [2.05, 4.69) is 14.9 Å². The molecule has 0 aromatic carbocycles. The zero-order chi connectivity index (χ0) is 5.98. The van der Waals surface area contributed by atoms with Gasteiger partial charge in [-0.15, -0.1) is 5.10 Å². The maximum atomic E-state index is 11.4. The van der Waals surface area contributed by atoms with Gasteiger partial charge in [0.25, 0.3) is 6.43 Å². The second-order valence-electron chi connectivity index (χ2n) is 1.12. The summed E-state index contributed by atoms with van der Waals surface area (Å²) in [6, 6.07) is 0. The van der Waals surface area contributed by atoms with Crippen molar-refractivity contribution in [1.82, 2.24) is 10.4 Å². The van der Waals surface area contributed by atoms with Gasteiger partial charge in [0.15, 0.2) is 0 Å². The second kappa shape index (κ2) is 1.85. The molecule has 5 heteroatoms. The van der Waals surface area contributed by atoms with Gasteiger partial charge in [0, 0.05) is 5.27 Å². The van der Waals surface area contributed by atoms with Crippen molar-refractivity contribution in [2.45, 2.75) is 6.43 Å². The van der Waals surface area contributed by atoms with Crippen LogP contribution in [0.3, 0.4) is 0 Å². The van der Waals surface area contributed by atoms with E-state index in [-0.39, 0.29) is 0 Å². The Bertz CT molecular complexity index is 150. The molecule has 1 rings (SSSR count). The predicted octanol–water partition coefficient (Wildman–Crippen LogP) is 1.01. The van der Waals surface area contributed by atoms with Crippen molar-refractivity contribution in [3.8, 4) is 0 Å². The van der Waals surface area contributed by atoms with Gasteiger partial charge < -0.3 is 4.52 Å². The van der Waals surface area contributed by atoms with E-state index in [1.165, 1.54) is 0 Å². The monoisotopic (exact) mass is 120 g/mol. The largest absolute Gasteiger partial charge is 0.336 e. The van der Waals surface area contributed by atoms with E-state index in [9.17, 15) is 8.78 Å². The number of nitrogens with zero attached hydrogens (tertiary/aromatic N) is 2. The summed E-state index contributed by atoms with van der Waals surface area (Å²) in [5.41, 5.74) is 0. The molecule has 0 aliphatic carbocycles. The van der Waals surface area contributed by atoms with Crippen LogP contribution in [0.2, 0.25) is 0 Å². The lowest BCUT2D eigenvalue weighted by molar-refractivity contribution is 0.111. The first-order valence-corrected chi connectivity index (χ1v) is 1.86. The Kier molecular flexibility index (Phi) is 1.19. The van der Waals surface area contributed by atoms with Crippen molar-refractivity contribution in [3.63, 3.8) is 0 Å². The van der Waals surface area contributed by atoms with Crippen LogP contribution in [0, 0.1) is 0 Å². The van der Waals surface area contributed by atoms with E-state index in [0.717, 1.165) is 6.20 Å². The number of alkyl halides is 2. The standard InChI is InChI=1S/C3H2F2N2O/c4-3(5)2-1-6-7-8-2/h1,3H. The van der Waals surface area contributed by atoms with E-state index < -0.39 is 12.2 Å². The summed E-state index contributed by atoms with van der Waals surface area (Å²) in [7, 11) is 0. The fraction of sp³-hybridized carbons (Fsp3) is 0.333. The molecule has 0 saturated carbocycles. The highest BCUT2D eigenvalue weighted by molar-refractivity contribution is 4.85. The number of hydrogen-bond donors (Lipinski definition) is 0. The molecular weight excluding hydrogens is 118 g/mol. The van der Waals surface area contributed by atoms with Gasteiger partial charge >= 0.3 is 0 Å². The molecule has 0 aliphatic rings. The van der Waals surface area contributed by atoms with E-state index in [1.54, 1.807) is 0 Å². The number of hydrogen-bond acceptors (Lipinski definition) is 3. The van der Waals surface area contributed by atoms with Crippen LogP contribution >= 0.6 is 0 Å². The lowest BCUT2D eigenvalue weighted by atomic mass is 10.5. The van der Waals surface area contributed by atoms with Gasteiger partial charge in [-0.05, 0) is 0 Å². The Morgan fingerprint density at radius 3 is 2.62 bits per heavy atom. The Morgan fingerprint density at radius 1 is 1.62 bits per heavy atom. The van der Waals surface area contributed by atoms with Crippen LogP contribution in [-0.2, 0) is 0 Å². The average Bonchev–Trinajstić information content (AvgIpc) is 2.12. The molecule has 0 aliphatic heterocycles. The maximum absolute atomic E-state index is 11.4. The van der Waals surface area contributed by atoms with Crippen LogP contribution in [0.5, 0.6) is 0 Å². The fourth-order valence-electron chi connectivity index (χ4n) is 0.271. The zero-order valence-electron chi connectivity index (χ0n) is 3.71. The molecule has 44 valence electrons. The van der Waals surface area contributed by atoms with Crippen molar-refractivity contribution in [1.29, 1.82) is 0 Å². The van der Waals surface area contributed by atoms with Crippen LogP contribution in [0.25, 0.3) is 0 Å². The molecule has 1 heterocycles. The van der Waals surface area contributed by atoms with Gasteiger partial charge in [-0.1, -0.05) is 0 Å². The molecule has 0 atom stereocenters. The zero-order valence-corrected chi connectivity index (χ0v) is 3.71. The lowest BCUT2D eigenvalue weighted by Crippen LogP contribution is -1.75. The Balaban J connectivity index is 2.77. The predicted molar refractivity (Wildman–Crippen MR) is 19.3 cm³/mol. The van der Waals surface area contributed by atoms with Gasteiger partial charge in [-0.25, -0.2) is 8.78 Å². The smallest absolute Gasteiger partial charge is 0.299 e. The third-order valence-corrected chi connectivity index (χ3v) is 0.593. The van der Waals surface area contributed by atoms with Gasteiger partial charge in [0.1, 0.15) is 6.20 Å². The summed E-state index contributed by atoms with van der Waals surface area (Å²) < 4.78 is 26.8. The number of aromatic nitrogens is 2. The van der Waals surface area contributed by atoms with Gasteiger partial charge in [-0.3, -0.25) is 0 Å². The summed E-state index contributed by atoms with van der Waals surface area (Å²) in [6.07, 6.45) is -1.73. The normalized spacial score (nSPS) is 10.4. The van der Waals surface area contributed by atoms with Crippen LogP contribution in [0.4, 0.5) is 8.78 Å². The van der Waals surface area contributed by atoms with Crippen molar-refractivity contribution in [2.75, 3.05) is 0 Å². The van der Waals surface area contributed by atoms with Gasteiger partial charge in [0.05, 0.1) is 0 Å². The quantitative estimate of drug-likeness (QED) is 0.555. The molecule has 0 radical (unpaired) electrons. The van der Waals surface area contributed by atoms with Crippen LogP contribution in [0.15, 0.2) is 10.7 Å². The molecule has 8 heavy (non-hydrogen) atoms. The molecule has 0 spiro atoms. The Labute approximate surface area is 43.3 Å². The first-order chi connectivity index (χ1) is 3.80. The first kappa shape index (κ1) is 5.14. The minimum atomic E-state index is -2.61. The third-order valence-electron chi connectivity index (χ3n) is 0.593. The summed E-state index contributed by atoms with van der Waals surface area (Å²) >= 11 is 0. The summed E-state index contributed by atoms with van der Waals surface area (Å²) in [6.45, 7) is 0. The molecule has 1 aromatic rings. The van der Waals surface area contributed by atoms with Crippen molar-refractivity contribution < 1.29 is 13.3 Å². The van der Waals surface area contributed by atoms with Crippen LogP contribution < -0.4 is 0 Å². The Morgan fingerprint density at radius 2 is 2.38 bits per heavy atom. The SMILES string of the molecule is FC(F)c1cnno1. The highest BCUT2D eigenvalue weighted by Gasteiger charge is 2.10. The van der Waals surface area contributed by atoms with E-state index in [1.807, 2.05) is 0 Å². The highest BCUT2D eigenvalue weighted by Crippen LogP contribution is 2.15. The molecule has 0 saturated heterocycles. The van der Waals surface area contributed by atoms with Crippen LogP contribution in [0.1, 0.15) is 12.2 Å². The molecular formula is C3H2F2N2O. The van der Waals surface area contributed by atoms with E-state index in [0.29, 0.717) is 0 Å². The molecule has 3 nitrogen and oxygen atoms in total. The second-order valence-corrected chi connectivity index (χ2v) is 1.12. The lowest BCUT2D eigenvalue weighted by Gasteiger charge is -1.83. The highest BCUT2D eigenvalue weighted by atomic mass is 19.3. The molecule has 0 N–H and O–H groups in total. The van der Waals surface area contributed by atoms with E-state index in [4.69, 9.17) is 0 Å². The maximum Gasteiger partial charge on any atom is 0.299 e. The number of rotatable bonds is 1. The topological polar surface area (TPSA) is 38.9 Å². The third kappa shape index (κ3) is 0.800. The first-order valence-electron chi connectivity index (χ1n) is 1.86. The van der Waals surface area contributed by atoms with Gasteiger partial charge in [-0.2, -0.15) is 0 Å². The summed E-state index contributed by atoms with van der Waals surface area (Å²) in [4.78, 5) is 0. The number of halogens is 2. The van der Waals surface area contributed by atoms with Crippen LogP contribution in [-0.4, -0.2) is 10.4 Å². The minimum Gasteiger partial charge on any atom is -0.336 e. The van der Waals surface area contributed by atoms with Crippen molar-refractivity contribution in [3.05, 3.63) is 12.0 Å². The van der Waals surface area contributed by atoms with Crippen molar-refractivity contribution >= 4 is 0 Å². The van der Waals surface area contributed by atoms with E-state index >= 15 is 0 Å². The van der Waals surface area contributed by atoms with Gasteiger partial charge in [0.2, 0.25) is 5.76 Å². The molecule has 0 bridgehead atoms. The molecule has 0 unspecified atom stereocenters. The molecule has 1 aromatic heterocycles. The summed E-state index contributed by atoms with van der Waals surface area (Å²) in [5, 5.41) is 5.89. The molecule has 0 fully saturated rings. The molecule has 0 amide bonds. The Hall–Kier alpha value is -1.00. The van der Waals surface area contributed by atoms with Crippen molar-refractivity contribution in [2.24, 2.45) is 0 Å². The fourth-order valence-corrected chi connectivity index (χ4v) is 0.271. The average molecular weight is 120 g/mol.